The van der Waals surface area contributed by atoms with Crippen molar-refractivity contribution in [3.05, 3.63) is 71.3 Å². The van der Waals surface area contributed by atoms with Crippen molar-refractivity contribution in [3.8, 4) is 0 Å². The second kappa shape index (κ2) is 10.9. The minimum absolute atomic E-state index is 0.192. The third kappa shape index (κ3) is 5.28. The zero-order valence-electron chi connectivity index (χ0n) is 22.2. The molecular weight excluding hydrogens is 476 g/mol. The number of Topliss-reactive ketones (excluding diaryl/α,β-unsaturated/α-hetero) is 1. The maximum Gasteiger partial charge on any atom is 0.329 e. The second-order valence-corrected chi connectivity index (χ2v) is 10.7. The Labute approximate surface area is 223 Å². The van der Waals surface area contributed by atoms with Crippen molar-refractivity contribution in [3.63, 3.8) is 0 Å². The number of carboxylic acid groups (broad SMARTS) is 1. The highest BCUT2D eigenvalue weighted by molar-refractivity contribution is 5.99. The molecule has 3 N–H and O–H groups in total. The van der Waals surface area contributed by atoms with Gasteiger partial charge in [-0.2, -0.15) is 0 Å². The number of hydrogen-bond acceptors (Lipinski definition) is 6. The minimum Gasteiger partial charge on any atom is -0.479 e. The zero-order chi connectivity index (χ0) is 26.7. The van der Waals surface area contributed by atoms with E-state index in [1.54, 1.807) is 12.4 Å². The van der Waals surface area contributed by atoms with Gasteiger partial charge in [0.15, 0.2) is 5.78 Å². The van der Waals surface area contributed by atoms with Crippen molar-refractivity contribution in [1.82, 2.24) is 15.3 Å². The first kappa shape index (κ1) is 25.9. The molecule has 1 saturated carbocycles. The summed E-state index contributed by atoms with van der Waals surface area (Å²) in [5.41, 5.74) is 3.25. The predicted octanol–water partition coefficient (Wildman–Crippen LogP) is 6.24. The summed E-state index contributed by atoms with van der Waals surface area (Å²) in [6.07, 6.45) is 10.9. The number of carbonyl (C=O) groups is 2. The van der Waals surface area contributed by atoms with Gasteiger partial charge in [-0.1, -0.05) is 38.3 Å². The van der Waals surface area contributed by atoms with Crippen LogP contribution in [0.1, 0.15) is 69.5 Å². The van der Waals surface area contributed by atoms with Crippen molar-refractivity contribution in [1.29, 1.82) is 0 Å². The van der Waals surface area contributed by atoms with Crippen molar-refractivity contribution in [2.75, 3.05) is 5.32 Å². The number of ketones is 1. The molecule has 0 aliphatic heterocycles. The van der Waals surface area contributed by atoms with Crippen molar-refractivity contribution in [2.45, 2.75) is 77.2 Å². The Bertz CT molecular complexity index is 1380. The quantitative estimate of drug-likeness (QED) is 0.311. The van der Waals surface area contributed by atoms with Crippen LogP contribution in [0.4, 0.5) is 11.5 Å². The highest BCUT2D eigenvalue weighted by atomic mass is 16.4. The number of nitrogens with zero attached hydrogens (tertiary/aromatic N) is 2. The molecule has 2 aliphatic carbocycles. The van der Waals surface area contributed by atoms with E-state index in [0.717, 1.165) is 70.5 Å². The number of allylic oxidation sites excluding steroid dienone is 2. The Morgan fingerprint density at radius 3 is 2.58 bits per heavy atom. The average Bonchev–Trinajstić information content (AvgIpc) is 3.29. The lowest BCUT2D eigenvalue weighted by molar-refractivity contribution is -0.144. The van der Waals surface area contributed by atoms with E-state index >= 15 is 0 Å². The summed E-state index contributed by atoms with van der Waals surface area (Å²) in [7, 11) is 0. The lowest BCUT2D eigenvalue weighted by Crippen LogP contribution is -2.53. The number of benzene rings is 1. The van der Waals surface area contributed by atoms with Crippen LogP contribution in [0.5, 0.6) is 0 Å². The Kier molecular flexibility index (Phi) is 7.45. The molecule has 7 heteroatoms. The fraction of sp³-hybridized carbons (Fsp3) is 0.419. The topological polar surface area (TPSA) is 104 Å². The molecular formula is C31H36N4O3. The summed E-state index contributed by atoms with van der Waals surface area (Å²) in [4.78, 5) is 34.4. The van der Waals surface area contributed by atoms with Gasteiger partial charge in [-0.3, -0.25) is 9.78 Å². The number of nitrogens with one attached hydrogen (secondary N) is 2. The molecule has 0 spiro atoms. The van der Waals surface area contributed by atoms with Crippen LogP contribution >= 0.6 is 0 Å². The molecule has 5 rings (SSSR count). The second-order valence-electron chi connectivity index (χ2n) is 10.7. The Morgan fingerprint density at radius 2 is 1.87 bits per heavy atom. The van der Waals surface area contributed by atoms with Gasteiger partial charge in [-0.15, -0.1) is 0 Å². The van der Waals surface area contributed by atoms with Gasteiger partial charge < -0.3 is 15.7 Å². The van der Waals surface area contributed by atoms with Crippen LogP contribution in [-0.4, -0.2) is 32.4 Å². The largest absolute Gasteiger partial charge is 0.479 e. The molecule has 2 aliphatic rings. The number of rotatable bonds is 9. The highest BCUT2D eigenvalue weighted by Crippen LogP contribution is 2.37. The van der Waals surface area contributed by atoms with E-state index in [1.807, 2.05) is 50.2 Å². The molecule has 0 radical (unpaired) electrons. The van der Waals surface area contributed by atoms with Crippen molar-refractivity contribution in [2.24, 2.45) is 5.92 Å². The lowest BCUT2D eigenvalue weighted by Gasteiger charge is -2.33. The smallest absolute Gasteiger partial charge is 0.329 e. The fourth-order valence-corrected chi connectivity index (χ4v) is 6.01. The summed E-state index contributed by atoms with van der Waals surface area (Å²) < 4.78 is 0. The fourth-order valence-electron chi connectivity index (χ4n) is 6.01. The molecule has 1 aromatic carbocycles. The SMILES string of the molecule is CC[C@@](Cc1ccc(Nc2nc(C)cc3ccncc23)cc1)(NC1=C(C2CCCCC2)C(=O)CC1)C(=O)O. The third-order valence-corrected chi connectivity index (χ3v) is 8.13. The molecule has 0 bridgehead atoms. The number of anilines is 2. The van der Waals surface area contributed by atoms with E-state index in [0.29, 0.717) is 25.7 Å². The standard InChI is InChI=1S/C31H36N4O3/c1-3-31(30(37)38,35-26-13-14-27(36)28(26)22-7-5-4-6-8-22)18-21-9-11-24(12-10-21)34-29-25-19-32-16-15-23(25)17-20(2)33-29/h9-12,15-17,19,22,35H,3-8,13-14,18H2,1-2H3,(H,33,34)(H,37,38)/t31-/m0/s1. The van der Waals surface area contributed by atoms with Gasteiger partial charge >= 0.3 is 5.97 Å². The molecule has 1 fully saturated rings. The number of carbonyl (C=O) groups excluding carboxylic acids is 1. The van der Waals surface area contributed by atoms with Gasteiger partial charge in [-0.05, 0) is 73.7 Å². The van der Waals surface area contributed by atoms with Gasteiger partial charge in [0.25, 0.3) is 0 Å². The summed E-state index contributed by atoms with van der Waals surface area (Å²) in [6, 6.07) is 11.8. The molecule has 2 aromatic heterocycles. The van der Waals surface area contributed by atoms with E-state index in [2.05, 4.69) is 20.6 Å². The Morgan fingerprint density at radius 1 is 1.11 bits per heavy atom. The van der Waals surface area contributed by atoms with Gasteiger partial charge in [0.05, 0.1) is 0 Å². The van der Waals surface area contributed by atoms with Crippen molar-refractivity contribution >= 4 is 34.0 Å². The molecule has 0 unspecified atom stereocenters. The number of aliphatic carboxylic acids is 1. The monoisotopic (exact) mass is 512 g/mol. The van der Waals surface area contributed by atoms with Crippen molar-refractivity contribution < 1.29 is 14.7 Å². The zero-order valence-corrected chi connectivity index (χ0v) is 22.2. The first-order valence-corrected chi connectivity index (χ1v) is 13.7. The van der Waals surface area contributed by atoms with Gasteiger partial charge in [0.1, 0.15) is 11.4 Å². The van der Waals surface area contributed by atoms with Crippen LogP contribution in [0.2, 0.25) is 0 Å². The highest BCUT2D eigenvalue weighted by Gasteiger charge is 2.40. The minimum atomic E-state index is -1.17. The summed E-state index contributed by atoms with van der Waals surface area (Å²) in [5, 5.41) is 19.2. The summed E-state index contributed by atoms with van der Waals surface area (Å²) >= 11 is 0. The molecule has 38 heavy (non-hydrogen) atoms. The number of carboxylic acids is 1. The van der Waals surface area contributed by atoms with Gasteiger partial charge in [0, 0.05) is 53.3 Å². The maximum absolute atomic E-state index is 12.8. The third-order valence-electron chi connectivity index (χ3n) is 8.13. The van der Waals surface area contributed by atoms with Crippen LogP contribution in [0.3, 0.4) is 0 Å². The van der Waals surface area contributed by atoms with E-state index in [9.17, 15) is 14.7 Å². The molecule has 198 valence electrons. The maximum atomic E-state index is 12.8. The van der Waals surface area contributed by atoms with Crippen LogP contribution < -0.4 is 10.6 Å². The molecule has 0 saturated heterocycles. The summed E-state index contributed by atoms with van der Waals surface area (Å²) in [6.45, 7) is 3.86. The van der Waals surface area contributed by atoms with Gasteiger partial charge in [0.2, 0.25) is 0 Å². The number of hydrogen-bond donors (Lipinski definition) is 3. The van der Waals surface area contributed by atoms with Gasteiger partial charge in [-0.25, -0.2) is 9.78 Å². The Balaban J connectivity index is 1.37. The first-order valence-electron chi connectivity index (χ1n) is 13.7. The number of fused-ring (bicyclic) bond motifs is 1. The molecule has 7 nitrogen and oxygen atoms in total. The van der Waals surface area contributed by atoms with E-state index in [4.69, 9.17) is 0 Å². The lowest BCUT2D eigenvalue weighted by atomic mass is 9.82. The Hall–Kier alpha value is -3.74. The van der Waals surface area contributed by atoms with Crippen LogP contribution in [-0.2, 0) is 16.0 Å². The van der Waals surface area contributed by atoms with E-state index in [-0.39, 0.29) is 11.7 Å². The van der Waals surface area contributed by atoms with Crippen LogP contribution in [0.15, 0.2) is 60.1 Å². The number of aryl methyl sites for hydroxylation is 1. The summed E-state index contributed by atoms with van der Waals surface area (Å²) in [5.74, 6) is 0.304. The molecule has 3 aromatic rings. The normalized spacial score (nSPS) is 18.0. The van der Waals surface area contributed by atoms with Crippen LogP contribution in [0, 0.1) is 12.8 Å². The van der Waals surface area contributed by atoms with E-state index < -0.39 is 11.5 Å². The van der Waals surface area contributed by atoms with E-state index in [1.165, 1.54) is 6.42 Å². The van der Waals surface area contributed by atoms with Crippen LogP contribution in [0.25, 0.3) is 10.8 Å². The number of aromatic nitrogens is 2. The average molecular weight is 513 g/mol. The molecule has 2 heterocycles. The first-order chi connectivity index (χ1) is 18.4. The molecule has 0 amide bonds. The molecule has 1 atom stereocenters. The predicted molar refractivity (Wildman–Crippen MR) is 149 cm³/mol. The number of pyridine rings is 2.